The minimum Gasteiger partial charge on any atom is -0.307 e. The molecule has 0 aliphatic heterocycles. The molecule has 4 aromatic rings. The summed E-state index contributed by atoms with van der Waals surface area (Å²) in [6.07, 6.45) is 8.13. The number of amides is 2. The van der Waals surface area contributed by atoms with E-state index in [1.165, 1.54) is 22.3 Å². The number of carbonyl (C=O) groups is 1. The summed E-state index contributed by atoms with van der Waals surface area (Å²) in [7, 11) is -1.72. The molecule has 35 heavy (non-hydrogen) atoms. The molecule has 1 atom stereocenters. The van der Waals surface area contributed by atoms with E-state index in [9.17, 15) is 9.00 Å². The molecule has 0 saturated heterocycles. The zero-order valence-corrected chi connectivity index (χ0v) is 20.0. The lowest BCUT2D eigenvalue weighted by Gasteiger charge is -2.16. The van der Waals surface area contributed by atoms with E-state index in [1.54, 1.807) is 22.9 Å². The molecular weight excluding hydrogens is 458 g/mol. The average molecular weight is 484 g/mol. The zero-order valence-electron chi connectivity index (χ0n) is 19.2. The number of anilines is 1. The molecule has 0 saturated carbocycles. The van der Waals surface area contributed by atoms with E-state index < -0.39 is 17.0 Å². The van der Waals surface area contributed by atoms with Gasteiger partial charge in [-0.2, -0.15) is 0 Å². The second-order valence-electron chi connectivity index (χ2n) is 8.97. The summed E-state index contributed by atoms with van der Waals surface area (Å²) in [5.74, 6) is 0. The maximum absolute atomic E-state index is 13.0. The number of aromatic nitrogens is 3. The molecule has 0 radical (unpaired) electrons. The van der Waals surface area contributed by atoms with Gasteiger partial charge in [-0.3, -0.25) is 4.72 Å². The number of hydrogen-bond acceptors (Lipinski definition) is 4. The maximum atomic E-state index is 13.0. The smallest absolute Gasteiger partial charge is 0.307 e. The molecule has 0 fully saturated rings. The van der Waals surface area contributed by atoms with Crippen molar-refractivity contribution in [2.45, 2.75) is 43.4 Å². The quantitative estimate of drug-likeness (QED) is 0.429. The van der Waals surface area contributed by atoms with Crippen LogP contribution in [0, 0.1) is 0 Å². The molecule has 7 nitrogen and oxygen atoms in total. The second kappa shape index (κ2) is 9.11. The van der Waals surface area contributed by atoms with Crippen molar-refractivity contribution in [1.29, 1.82) is 0 Å². The van der Waals surface area contributed by atoms with Gasteiger partial charge in [0.1, 0.15) is 5.69 Å². The van der Waals surface area contributed by atoms with Gasteiger partial charge in [0.25, 0.3) is 0 Å². The van der Waals surface area contributed by atoms with E-state index in [0.29, 0.717) is 10.6 Å². The summed E-state index contributed by atoms with van der Waals surface area (Å²) in [6, 6.07) is 18.8. The van der Waals surface area contributed by atoms with Gasteiger partial charge in [0.15, 0.2) is 11.0 Å². The Bertz CT molecular complexity index is 1420. The fourth-order valence-electron chi connectivity index (χ4n) is 5.12. The van der Waals surface area contributed by atoms with Crippen LogP contribution in [0.15, 0.2) is 71.8 Å². The van der Waals surface area contributed by atoms with Crippen molar-refractivity contribution in [3.63, 3.8) is 0 Å². The second-order valence-corrected chi connectivity index (χ2v) is 10.2. The van der Waals surface area contributed by atoms with Gasteiger partial charge in [0, 0.05) is 11.3 Å². The standard InChI is InChI=1S/C27H25N5O2S/c33-27(28-26-23-13-4-9-19(23)15-20-10-5-14-24(20)26)30-35(34)22-12-6-11-21(16-22)32-17-25(29-31-32)18-7-2-1-3-8-18/h1-3,6-8,11-12,15-17H,4-5,9-10,13-14H2,(H2,28,30,33). The SMILES string of the molecule is O=C(Nc1c2c(cc3c1CCC3)CCC2)NS(=O)c1cccc(-n2cc(-c3ccccc3)nn2)c1. The summed E-state index contributed by atoms with van der Waals surface area (Å²) in [5.41, 5.74) is 8.55. The van der Waals surface area contributed by atoms with E-state index >= 15 is 0 Å². The van der Waals surface area contributed by atoms with Crippen LogP contribution in [0.2, 0.25) is 0 Å². The molecule has 1 heterocycles. The molecule has 0 spiro atoms. The van der Waals surface area contributed by atoms with E-state index in [4.69, 9.17) is 0 Å². The lowest BCUT2D eigenvalue weighted by atomic mass is 9.99. The van der Waals surface area contributed by atoms with Crippen LogP contribution in [0.3, 0.4) is 0 Å². The third-order valence-electron chi connectivity index (χ3n) is 6.76. The molecule has 176 valence electrons. The number of hydrogen-bond donors (Lipinski definition) is 2. The van der Waals surface area contributed by atoms with E-state index in [2.05, 4.69) is 26.4 Å². The highest BCUT2D eigenvalue weighted by atomic mass is 32.2. The van der Waals surface area contributed by atoms with Crippen molar-refractivity contribution >= 4 is 22.7 Å². The first kappa shape index (κ1) is 21.7. The van der Waals surface area contributed by atoms with Crippen LogP contribution < -0.4 is 10.0 Å². The van der Waals surface area contributed by atoms with Crippen LogP contribution in [-0.4, -0.2) is 25.2 Å². The van der Waals surface area contributed by atoms with Gasteiger partial charge in [-0.1, -0.05) is 47.7 Å². The fourth-order valence-corrected chi connectivity index (χ4v) is 5.89. The largest absolute Gasteiger partial charge is 0.331 e. The topological polar surface area (TPSA) is 88.9 Å². The molecule has 2 aliphatic carbocycles. The normalized spacial score (nSPS) is 14.9. The van der Waals surface area contributed by atoms with Crippen molar-refractivity contribution in [1.82, 2.24) is 19.7 Å². The Morgan fingerprint density at radius 3 is 2.37 bits per heavy atom. The Kier molecular flexibility index (Phi) is 5.66. The number of benzene rings is 3. The molecule has 2 N–H and O–H groups in total. The summed E-state index contributed by atoms with van der Waals surface area (Å²) in [5, 5.41) is 11.5. The Labute approximate surface area is 206 Å². The lowest BCUT2D eigenvalue weighted by molar-refractivity contribution is 0.257. The van der Waals surface area contributed by atoms with Crippen LogP contribution in [0.25, 0.3) is 16.9 Å². The lowest BCUT2D eigenvalue weighted by Crippen LogP contribution is -2.31. The number of urea groups is 1. The molecule has 8 heteroatoms. The molecule has 1 aromatic heterocycles. The summed E-state index contributed by atoms with van der Waals surface area (Å²) in [6.45, 7) is 0. The van der Waals surface area contributed by atoms with Gasteiger partial charge in [-0.05, 0) is 79.0 Å². The molecule has 1 unspecified atom stereocenters. The van der Waals surface area contributed by atoms with Crippen molar-refractivity contribution in [2.75, 3.05) is 5.32 Å². The first-order valence-corrected chi connectivity index (χ1v) is 13.0. The Morgan fingerprint density at radius 1 is 0.886 bits per heavy atom. The summed E-state index contributed by atoms with van der Waals surface area (Å²) >= 11 is 0. The van der Waals surface area contributed by atoms with E-state index in [-0.39, 0.29) is 0 Å². The Hall–Kier alpha value is -3.78. The molecule has 3 aromatic carbocycles. The molecule has 2 aliphatic rings. The summed E-state index contributed by atoms with van der Waals surface area (Å²) < 4.78 is 17.3. The van der Waals surface area contributed by atoms with Crippen LogP contribution in [0.4, 0.5) is 10.5 Å². The molecular formula is C27H25N5O2S. The van der Waals surface area contributed by atoms with Gasteiger partial charge >= 0.3 is 6.03 Å². The van der Waals surface area contributed by atoms with E-state index in [1.807, 2.05) is 42.6 Å². The number of aryl methyl sites for hydroxylation is 2. The summed E-state index contributed by atoms with van der Waals surface area (Å²) in [4.78, 5) is 13.4. The highest BCUT2D eigenvalue weighted by Gasteiger charge is 2.25. The average Bonchev–Trinajstić information content (AvgIpc) is 3.65. The predicted molar refractivity (Wildman–Crippen MR) is 136 cm³/mol. The van der Waals surface area contributed by atoms with Crippen molar-refractivity contribution < 1.29 is 9.00 Å². The van der Waals surface area contributed by atoms with Gasteiger partial charge in [-0.25, -0.2) is 13.7 Å². The minimum atomic E-state index is -1.72. The fraction of sp³-hybridized carbons (Fsp3) is 0.222. The zero-order chi connectivity index (χ0) is 23.8. The van der Waals surface area contributed by atoms with Gasteiger partial charge < -0.3 is 5.32 Å². The molecule has 0 bridgehead atoms. The van der Waals surface area contributed by atoms with Crippen molar-refractivity contribution in [3.05, 3.63) is 89.1 Å². The minimum absolute atomic E-state index is 0.449. The Morgan fingerprint density at radius 2 is 1.63 bits per heavy atom. The van der Waals surface area contributed by atoms with Crippen molar-refractivity contribution in [2.24, 2.45) is 0 Å². The Balaban J connectivity index is 1.19. The van der Waals surface area contributed by atoms with Gasteiger partial charge in [-0.15, -0.1) is 5.10 Å². The van der Waals surface area contributed by atoms with Gasteiger partial charge in [0.2, 0.25) is 0 Å². The third kappa shape index (κ3) is 4.25. The van der Waals surface area contributed by atoms with Crippen LogP contribution >= 0.6 is 0 Å². The number of nitrogens with one attached hydrogen (secondary N) is 2. The van der Waals surface area contributed by atoms with Crippen LogP contribution in [0.5, 0.6) is 0 Å². The maximum Gasteiger partial charge on any atom is 0.331 e. The van der Waals surface area contributed by atoms with Gasteiger partial charge in [0.05, 0.1) is 16.8 Å². The first-order chi connectivity index (χ1) is 17.2. The highest BCUT2D eigenvalue weighted by molar-refractivity contribution is 7.83. The first-order valence-electron chi connectivity index (χ1n) is 11.9. The predicted octanol–water partition coefficient (Wildman–Crippen LogP) is 4.76. The van der Waals surface area contributed by atoms with Crippen molar-refractivity contribution in [3.8, 4) is 16.9 Å². The number of fused-ring (bicyclic) bond motifs is 2. The van der Waals surface area contributed by atoms with Crippen LogP contribution in [0.1, 0.15) is 35.1 Å². The van der Waals surface area contributed by atoms with Crippen LogP contribution in [-0.2, 0) is 36.7 Å². The molecule has 6 rings (SSSR count). The van der Waals surface area contributed by atoms with E-state index in [0.717, 1.165) is 55.5 Å². The number of carbonyl (C=O) groups excluding carboxylic acids is 1. The monoisotopic (exact) mass is 483 g/mol. The molecule has 2 amide bonds. The third-order valence-corrected chi connectivity index (χ3v) is 7.81. The highest BCUT2D eigenvalue weighted by Crippen LogP contribution is 2.38. The number of rotatable bonds is 5. The number of nitrogens with zero attached hydrogens (tertiary/aromatic N) is 3.